The number of rotatable bonds is 3. The SMILES string of the molecule is O=C(C1C=C(c2cn[nH]c2)SC1)N1CCOCC1c1ccc(F)cc1. The molecule has 25 heavy (non-hydrogen) atoms. The Morgan fingerprint density at radius 1 is 1.36 bits per heavy atom. The van der Waals surface area contributed by atoms with E-state index in [-0.39, 0.29) is 23.7 Å². The molecule has 0 radical (unpaired) electrons. The zero-order valence-corrected chi connectivity index (χ0v) is 14.3. The summed E-state index contributed by atoms with van der Waals surface area (Å²) in [6, 6.07) is 6.14. The number of carbonyl (C=O) groups is 1. The van der Waals surface area contributed by atoms with Crippen LogP contribution in [0.25, 0.3) is 4.91 Å². The van der Waals surface area contributed by atoms with Gasteiger partial charge in [0.05, 0.1) is 31.4 Å². The maximum absolute atomic E-state index is 13.2. The maximum atomic E-state index is 13.2. The zero-order valence-electron chi connectivity index (χ0n) is 13.5. The van der Waals surface area contributed by atoms with E-state index in [0.29, 0.717) is 19.8 Å². The molecule has 1 fully saturated rings. The van der Waals surface area contributed by atoms with E-state index in [2.05, 4.69) is 10.2 Å². The molecule has 0 bridgehead atoms. The van der Waals surface area contributed by atoms with E-state index in [1.807, 2.05) is 17.2 Å². The minimum absolute atomic E-state index is 0.101. The molecule has 3 heterocycles. The molecule has 1 saturated heterocycles. The third-order valence-corrected chi connectivity index (χ3v) is 5.75. The summed E-state index contributed by atoms with van der Waals surface area (Å²) in [5.74, 6) is 0.394. The first-order valence-electron chi connectivity index (χ1n) is 8.20. The van der Waals surface area contributed by atoms with Crippen LogP contribution in [-0.4, -0.2) is 46.5 Å². The summed E-state index contributed by atoms with van der Waals surface area (Å²) in [4.78, 5) is 16.0. The van der Waals surface area contributed by atoms with Crippen LogP contribution in [0.1, 0.15) is 17.2 Å². The Kier molecular flexibility index (Phi) is 4.59. The van der Waals surface area contributed by atoms with Gasteiger partial charge in [0.2, 0.25) is 5.91 Å². The molecule has 1 amide bonds. The highest BCUT2D eigenvalue weighted by molar-refractivity contribution is 8.08. The Bertz CT molecular complexity index is 776. The smallest absolute Gasteiger partial charge is 0.231 e. The Morgan fingerprint density at radius 2 is 2.20 bits per heavy atom. The van der Waals surface area contributed by atoms with Gasteiger partial charge >= 0.3 is 0 Å². The summed E-state index contributed by atoms with van der Waals surface area (Å²) < 4.78 is 18.8. The number of hydrogen-bond donors (Lipinski definition) is 1. The van der Waals surface area contributed by atoms with Crippen molar-refractivity contribution in [2.45, 2.75) is 6.04 Å². The van der Waals surface area contributed by atoms with Crippen LogP contribution in [-0.2, 0) is 9.53 Å². The molecule has 5 nitrogen and oxygen atoms in total. The van der Waals surface area contributed by atoms with Gasteiger partial charge in [-0.15, -0.1) is 11.8 Å². The summed E-state index contributed by atoms with van der Waals surface area (Å²) in [5, 5.41) is 6.76. The monoisotopic (exact) mass is 359 g/mol. The van der Waals surface area contributed by atoms with Gasteiger partial charge in [-0.25, -0.2) is 4.39 Å². The fraction of sp³-hybridized carbons (Fsp3) is 0.333. The van der Waals surface area contributed by atoms with E-state index in [0.717, 1.165) is 21.8 Å². The van der Waals surface area contributed by atoms with Crippen molar-refractivity contribution in [1.29, 1.82) is 0 Å². The lowest BCUT2D eigenvalue weighted by Crippen LogP contribution is -2.45. The van der Waals surface area contributed by atoms with Gasteiger partial charge < -0.3 is 9.64 Å². The second kappa shape index (κ2) is 7.01. The van der Waals surface area contributed by atoms with Crippen LogP contribution >= 0.6 is 11.8 Å². The number of thioether (sulfide) groups is 1. The van der Waals surface area contributed by atoms with E-state index in [1.165, 1.54) is 12.1 Å². The highest BCUT2D eigenvalue weighted by atomic mass is 32.2. The van der Waals surface area contributed by atoms with Crippen molar-refractivity contribution < 1.29 is 13.9 Å². The fourth-order valence-electron chi connectivity index (χ4n) is 3.21. The highest BCUT2D eigenvalue weighted by Crippen LogP contribution is 2.38. The number of H-pyrrole nitrogens is 1. The van der Waals surface area contributed by atoms with Gasteiger partial charge in [0.25, 0.3) is 0 Å². The van der Waals surface area contributed by atoms with Crippen molar-refractivity contribution in [1.82, 2.24) is 15.1 Å². The fourth-order valence-corrected chi connectivity index (χ4v) is 4.34. The Hall–Kier alpha value is -2.12. The van der Waals surface area contributed by atoms with E-state index in [4.69, 9.17) is 4.74 Å². The average Bonchev–Trinajstić information content (AvgIpc) is 3.33. The third kappa shape index (κ3) is 3.34. The molecule has 2 aromatic rings. The largest absolute Gasteiger partial charge is 0.377 e. The van der Waals surface area contributed by atoms with E-state index in [9.17, 15) is 9.18 Å². The van der Waals surface area contributed by atoms with Gasteiger partial charge in [0.15, 0.2) is 0 Å². The van der Waals surface area contributed by atoms with Crippen LogP contribution in [0.2, 0.25) is 0 Å². The number of amides is 1. The Labute approximate surface area is 149 Å². The molecule has 130 valence electrons. The van der Waals surface area contributed by atoms with Crippen molar-refractivity contribution in [3.05, 3.63) is 59.7 Å². The molecule has 2 aliphatic rings. The summed E-state index contributed by atoms with van der Waals surface area (Å²) in [6.07, 6.45) is 5.62. The van der Waals surface area contributed by atoms with Crippen LogP contribution in [0, 0.1) is 11.7 Å². The summed E-state index contributed by atoms with van der Waals surface area (Å²) in [7, 11) is 0. The van der Waals surface area contributed by atoms with Crippen molar-refractivity contribution in [3.8, 4) is 0 Å². The summed E-state index contributed by atoms with van der Waals surface area (Å²) in [5.41, 5.74) is 1.91. The second-order valence-corrected chi connectivity index (χ2v) is 7.17. The van der Waals surface area contributed by atoms with Gasteiger partial charge in [-0.2, -0.15) is 5.10 Å². The van der Waals surface area contributed by atoms with Gasteiger partial charge in [0, 0.05) is 29.0 Å². The number of nitrogens with zero attached hydrogens (tertiary/aromatic N) is 2. The van der Waals surface area contributed by atoms with Crippen molar-refractivity contribution in [2.75, 3.05) is 25.5 Å². The van der Waals surface area contributed by atoms with Gasteiger partial charge in [-0.05, 0) is 17.7 Å². The molecule has 0 aliphatic carbocycles. The van der Waals surface area contributed by atoms with Gasteiger partial charge in [0.1, 0.15) is 5.82 Å². The first kappa shape index (κ1) is 16.4. The molecule has 2 unspecified atom stereocenters. The second-order valence-electron chi connectivity index (χ2n) is 6.11. The highest BCUT2D eigenvalue weighted by Gasteiger charge is 2.34. The molecule has 4 rings (SSSR count). The number of carbonyl (C=O) groups excluding carboxylic acids is 1. The third-order valence-electron chi connectivity index (χ3n) is 4.54. The minimum atomic E-state index is -0.279. The molecule has 1 aromatic carbocycles. The molecule has 7 heteroatoms. The molecule has 0 spiro atoms. The quantitative estimate of drug-likeness (QED) is 0.916. The van der Waals surface area contributed by atoms with Gasteiger partial charge in [-0.3, -0.25) is 9.89 Å². The normalized spacial score (nSPS) is 23.6. The number of morpholine rings is 1. The number of aromatic nitrogens is 2. The number of aromatic amines is 1. The van der Waals surface area contributed by atoms with Crippen LogP contribution < -0.4 is 0 Å². The van der Waals surface area contributed by atoms with E-state index < -0.39 is 0 Å². The Balaban J connectivity index is 1.54. The standard InChI is InChI=1S/C18H18FN3O2S/c19-15-3-1-12(2-4-15)16-10-24-6-5-22(16)18(23)13-7-17(25-11-13)14-8-20-21-9-14/h1-4,7-9,13,16H,5-6,10-11H2,(H,20,21). The Morgan fingerprint density at radius 3 is 2.96 bits per heavy atom. The lowest BCUT2D eigenvalue weighted by molar-refractivity contribution is -0.142. The summed E-state index contributed by atoms with van der Waals surface area (Å²) >= 11 is 1.67. The first-order valence-corrected chi connectivity index (χ1v) is 9.18. The van der Waals surface area contributed by atoms with Crippen LogP contribution in [0.4, 0.5) is 4.39 Å². The van der Waals surface area contributed by atoms with Crippen LogP contribution in [0.15, 0.2) is 42.7 Å². The number of halogens is 1. The van der Waals surface area contributed by atoms with Crippen molar-refractivity contribution >= 4 is 22.6 Å². The number of nitrogens with one attached hydrogen (secondary N) is 1. The minimum Gasteiger partial charge on any atom is -0.377 e. The number of ether oxygens (including phenoxy) is 1. The lowest BCUT2D eigenvalue weighted by Gasteiger charge is -2.37. The molecule has 2 atom stereocenters. The van der Waals surface area contributed by atoms with Gasteiger partial charge in [-0.1, -0.05) is 18.2 Å². The maximum Gasteiger partial charge on any atom is 0.231 e. The topological polar surface area (TPSA) is 58.2 Å². The van der Waals surface area contributed by atoms with Crippen LogP contribution in [0.5, 0.6) is 0 Å². The predicted molar refractivity (Wildman–Crippen MR) is 94.2 cm³/mol. The molecule has 0 saturated carbocycles. The van der Waals surface area contributed by atoms with Crippen LogP contribution in [0.3, 0.4) is 0 Å². The number of benzene rings is 1. The first-order chi connectivity index (χ1) is 12.2. The van der Waals surface area contributed by atoms with E-state index >= 15 is 0 Å². The molecular weight excluding hydrogens is 341 g/mol. The molecule has 1 aromatic heterocycles. The summed E-state index contributed by atoms with van der Waals surface area (Å²) in [6.45, 7) is 1.52. The lowest BCUT2D eigenvalue weighted by atomic mass is 10.0. The van der Waals surface area contributed by atoms with E-state index in [1.54, 1.807) is 30.1 Å². The molecular formula is C18H18FN3O2S. The number of hydrogen-bond acceptors (Lipinski definition) is 4. The van der Waals surface area contributed by atoms with Crippen molar-refractivity contribution in [3.63, 3.8) is 0 Å². The zero-order chi connectivity index (χ0) is 17.2. The average molecular weight is 359 g/mol. The predicted octanol–water partition coefficient (Wildman–Crippen LogP) is 2.85. The molecule has 1 N–H and O–H groups in total. The van der Waals surface area contributed by atoms with Crippen molar-refractivity contribution in [2.24, 2.45) is 5.92 Å². The molecule has 2 aliphatic heterocycles.